The van der Waals surface area contributed by atoms with Crippen molar-refractivity contribution < 1.29 is 9.47 Å². The molecule has 1 aromatic heterocycles. The van der Waals surface area contributed by atoms with Crippen LogP contribution >= 0.6 is 0 Å². The van der Waals surface area contributed by atoms with Gasteiger partial charge in [0.2, 0.25) is 11.8 Å². The number of nitrogens with two attached hydrogens (primary N) is 1. The Kier molecular flexibility index (Phi) is 3.28. The number of ether oxygens (including phenoxy) is 2. The summed E-state index contributed by atoms with van der Waals surface area (Å²) in [5, 5.41) is 0. The molecule has 0 aromatic carbocycles. The van der Waals surface area contributed by atoms with E-state index in [1.54, 1.807) is 0 Å². The van der Waals surface area contributed by atoms with Crippen LogP contribution in [0.1, 0.15) is 0 Å². The molecule has 1 rings (SSSR count). The fourth-order valence-corrected chi connectivity index (χ4v) is 0.663. The van der Waals surface area contributed by atoms with Crippen molar-refractivity contribution in [3.63, 3.8) is 0 Å². The van der Waals surface area contributed by atoms with E-state index in [9.17, 15) is 0 Å². The molecule has 0 spiro atoms. The summed E-state index contributed by atoms with van der Waals surface area (Å²) in [6.07, 6.45) is 3.02. The highest BCUT2D eigenvalue weighted by molar-refractivity contribution is 5.12. The first-order chi connectivity index (χ1) is 5.86. The van der Waals surface area contributed by atoms with E-state index < -0.39 is 0 Å². The Morgan fingerprint density at radius 2 is 2.17 bits per heavy atom. The molecule has 0 unspecified atom stereocenters. The third-order valence-electron chi connectivity index (χ3n) is 1.17. The molecule has 0 bridgehead atoms. The van der Waals surface area contributed by atoms with Crippen LogP contribution in [0.2, 0.25) is 0 Å². The first-order valence-electron chi connectivity index (χ1n) is 3.55. The summed E-state index contributed by atoms with van der Waals surface area (Å²) in [4.78, 5) is 7.82. The summed E-state index contributed by atoms with van der Waals surface area (Å²) in [7, 11) is 1.52. The van der Waals surface area contributed by atoms with Gasteiger partial charge in [-0.15, -0.1) is 0 Å². The lowest BCUT2D eigenvalue weighted by Gasteiger charge is -2.03. The van der Waals surface area contributed by atoms with Crippen molar-refractivity contribution in [2.45, 2.75) is 0 Å². The number of hydrogen-bond donors (Lipinski definition) is 1. The molecule has 0 aliphatic heterocycles. The zero-order valence-electron chi connectivity index (χ0n) is 6.86. The normalized spacial score (nSPS) is 9.50. The summed E-state index contributed by atoms with van der Waals surface area (Å²) in [6.45, 7) is 0.890. The average molecular weight is 169 g/mol. The Morgan fingerprint density at radius 3 is 2.83 bits per heavy atom. The zero-order chi connectivity index (χ0) is 8.81. The van der Waals surface area contributed by atoms with Gasteiger partial charge in [0.05, 0.1) is 19.5 Å². The highest BCUT2D eigenvalue weighted by Crippen LogP contribution is 2.09. The van der Waals surface area contributed by atoms with Crippen LogP contribution in [0, 0.1) is 0 Å². The van der Waals surface area contributed by atoms with E-state index in [0.717, 1.165) is 0 Å². The molecule has 1 aromatic rings. The van der Waals surface area contributed by atoms with Crippen LogP contribution in [0.15, 0.2) is 12.4 Å². The van der Waals surface area contributed by atoms with Crippen LogP contribution in [-0.4, -0.2) is 30.2 Å². The summed E-state index contributed by atoms with van der Waals surface area (Å²) < 4.78 is 9.97. The van der Waals surface area contributed by atoms with Crippen LogP contribution in [-0.2, 0) is 0 Å². The van der Waals surface area contributed by atoms with Crippen molar-refractivity contribution in [1.82, 2.24) is 9.97 Å². The van der Waals surface area contributed by atoms with Gasteiger partial charge in [-0.1, -0.05) is 0 Å². The average Bonchev–Trinajstić information content (AvgIpc) is 2.15. The second-order valence-electron chi connectivity index (χ2n) is 2.04. The molecule has 0 aliphatic carbocycles. The number of hydrogen-bond acceptors (Lipinski definition) is 5. The van der Waals surface area contributed by atoms with Gasteiger partial charge in [-0.3, -0.25) is 4.98 Å². The SMILES string of the molecule is COc1cncc(OCCN)n1. The summed E-state index contributed by atoms with van der Waals surface area (Å²) in [6, 6.07) is 0. The molecule has 12 heavy (non-hydrogen) atoms. The molecule has 1 heterocycles. The van der Waals surface area contributed by atoms with Gasteiger partial charge in [-0.05, 0) is 0 Å². The van der Waals surface area contributed by atoms with Gasteiger partial charge >= 0.3 is 0 Å². The first-order valence-corrected chi connectivity index (χ1v) is 3.55. The van der Waals surface area contributed by atoms with Crippen molar-refractivity contribution in [1.29, 1.82) is 0 Å². The van der Waals surface area contributed by atoms with Gasteiger partial charge in [-0.2, -0.15) is 4.98 Å². The molecule has 5 heteroatoms. The van der Waals surface area contributed by atoms with Crippen LogP contribution in [0.4, 0.5) is 0 Å². The standard InChI is InChI=1S/C7H11N3O2/c1-11-6-4-9-5-7(10-6)12-3-2-8/h4-5H,2-3,8H2,1H3. The van der Waals surface area contributed by atoms with Crippen LogP contribution in [0.25, 0.3) is 0 Å². The largest absolute Gasteiger partial charge is 0.480 e. The van der Waals surface area contributed by atoms with Gasteiger partial charge in [0.1, 0.15) is 6.61 Å². The van der Waals surface area contributed by atoms with E-state index in [-0.39, 0.29) is 0 Å². The monoisotopic (exact) mass is 169 g/mol. The number of methoxy groups -OCH3 is 1. The van der Waals surface area contributed by atoms with Crippen molar-refractivity contribution in [3.05, 3.63) is 12.4 Å². The molecule has 0 saturated carbocycles. The van der Waals surface area contributed by atoms with E-state index in [2.05, 4.69) is 9.97 Å². The quantitative estimate of drug-likeness (QED) is 0.677. The topological polar surface area (TPSA) is 70.3 Å². The third kappa shape index (κ3) is 2.35. The number of aromatic nitrogens is 2. The molecule has 0 atom stereocenters. The third-order valence-corrected chi connectivity index (χ3v) is 1.17. The lowest BCUT2D eigenvalue weighted by molar-refractivity contribution is 0.304. The first kappa shape index (κ1) is 8.73. The molecule has 5 nitrogen and oxygen atoms in total. The lowest BCUT2D eigenvalue weighted by atomic mass is 10.6. The zero-order valence-corrected chi connectivity index (χ0v) is 6.86. The van der Waals surface area contributed by atoms with Crippen LogP contribution < -0.4 is 15.2 Å². The van der Waals surface area contributed by atoms with Crippen molar-refractivity contribution in [2.75, 3.05) is 20.3 Å². The minimum atomic E-state index is 0.430. The predicted octanol–water partition coefficient (Wildman–Crippen LogP) is -0.177. The van der Waals surface area contributed by atoms with E-state index >= 15 is 0 Å². The van der Waals surface area contributed by atoms with Gasteiger partial charge in [-0.25, -0.2) is 0 Å². The predicted molar refractivity (Wildman–Crippen MR) is 43.1 cm³/mol. The van der Waals surface area contributed by atoms with E-state index in [0.29, 0.717) is 24.9 Å². The highest BCUT2D eigenvalue weighted by Gasteiger charge is 1.97. The molecule has 0 saturated heterocycles. The highest BCUT2D eigenvalue weighted by atomic mass is 16.5. The molecular weight excluding hydrogens is 158 g/mol. The maximum Gasteiger partial charge on any atom is 0.235 e. The van der Waals surface area contributed by atoms with E-state index in [4.69, 9.17) is 15.2 Å². The Bertz CT molecular complexity index is 242. The summed E-state index contributed by atoms with van der Waals surface area (Å²) in [5.74, 6) is 0.865. The van der Waals surface area contributed by atoms with Crippen LogP contribution in [0.3, 0.4) is 0 Å². The van der Waals surface area contributed by atoms with E-state index in [1.165, 1.54) is 19.5 Å². The Hall–Kier alpha value is -1.36. The van der Waals surface area contributed by atoms with Crippen molar-refractivity contribution in [3.8, 4) is 11.8 Å². The molecule has 66 valence electrons. The number of rotatable bonds is 4. The molecule has 2 N–H and O–H groups in total. The molecule has 0 aliphatic rings. The minimum absolute atomic E-state index is 0.430. The Balaban J connectivity index is 2.60. The van der Waals surface area contributed by atoms with Crippen LogP contribution in [0.5, 0.6) is 11.8 Å². The maximum atomic E-state index is 5.24. The molecule has 0 radical (unpaired) electrons. The summed E-state index contributed by atoms with van der Waals surface area (Å²) in [5.41, 5.74) is 5.24. The smallest absolute Gasteiger partial charge is 0.235 e. The van der Waals surface area contributed by atoms with E-state index in [1.807, 2.05) is 0 Å². The lowest BCUT2D eigenvalue weighted by Crippen LogP contribution is -2.11. The number of nitrogens with zero attached hydrogens (tertiary/aromatic N) is 2. The maximum absolute atomic E-state index is 5.24. The van der Waals surface area contributed by atoms with Gasteiger partial charge < -0.3 is 15.2 Å². The second-order valence-corrected chi connectivity index (χ2v) is 2.04. The Morgan fingerprint density at radius 1 is 1.42 bits per heavy atom. The van der Waals surface area contributed by atoms with Crippen molar-refractivity contribution >= 4 is 0 Å². The van der Waals surface area contributed by atoms with Gasteiger partial charge in [0.25, 0.3) is 0 Å². The summed E-state index contributed by atoms with van der Waals surface area (Å²) >= 11 is 0. The van der Waals surface area contributed by atoms with Gasteiger partial charge in [0.15, 0.2) is 0 Å². The molecule has 0 fully saturated rings. The fraction of sp³-hybridized carbons (Fsp3) is 0.429. The van der Waals surface area contributed by atoms with Gasteiger partial charge in [0, 0.05) is 6.54 Å². The fourth-order valence-electron chi connectivity index (χ4n) is 0.663. The van der Waals surface area contributed by atoms with Crippen molar-refractivity contribution in [2.24, 2.45) is 5.73 Å². The molecular formula is C7H11N3O2. The molecule has 0 amide bonds. The Labute approximate surface area is 70.5 Å². The minimum Gasteiger partial charge on any atom is -0.480 e. The second kappa shape index (κ2) is 4.50.